The molecule has 15 heavy (non-hydrogen) atoms. The number of rotatable bonds is 8. The molecule has 3 nitrogen and oxygen atoms in total. The van der Waals surface area contributed by atoms with Crippen molar-refractivity contribution in [3.8, 4) is 24.7 Å². The van der Waals surface area contributed by atoms with Gasteiger partial charge in [-0.2, -0.15) is 0 Å². The number of hydrogen-bond acceptors (Lipinski definition) is 3. The lowest BCUT2D eigenvalue weighted by Crippen LogP contribution is -2.25. The van der Waals surface area contributed by atoms with Gasteiger partial charge in [0.25, 0.3) is 0 Å². The molecule has 0 amide bonds. The highest BCUT2D eigenvalue weighted by atomic mass is 16.8. The fraction of sp³-hybridized carbons (Fsp3) is 0.667. The van der Waals surface area contributed by atoms with Gasteiger partial charge in [0.05, 0.1) is 0 Å². The number of methoxy groups -OCH3 is 2. The van der Waals surface area contributed by atoms with Gasteiger partial charge in [-0.15, -0.1) is 24.7 Å². The Hall–Kier alpha value is -1.00. The van der Waals surface area contributed by atoms with Crippen molar-refractivity contribution in [1.29, 1.82) is 0 Å². The van der Waals surface area contributed by atoms with Crippen LogP contribution in [0.1, 0.15) is 25.7 Å². The molecule has 0 heterocycles. The molecule has 3 heteroatoms. The second kappa shape index (κ2) is 9.55. The summed E-state index contributed by atoms with van der Waals surface area (Å²) in [5, 5.41) is 0. The first kappa shape index (κ1) is 14.0. The lowest BCUT2D eigenvalue weighted by Gasteiger charge is -2.21. The van der Waals surface area contributed by atoms with E-state index in [-0.39, 0.29) is 12.6 Å². The second-order valence-corrected chi connectivity index (χ2v) is 2.95. The molecule has 2 unspecified atom stereocenters. The van der Waals surface area contributed by atoms with Crippen LogP contribution >= 0.6 is 0 Å². The molecule has 0 saturated carbocycles. The van der Waals surface area contributed by atoms with Crippen molar-refractivity contribution in [3.05, 3.63) is 0 Å². The number of terminal acetylenes is 2. The van der Waals surface area contributed by atoms with Crippen molar-refractivity contribution < 1.29 is 14.2 Å². The summed E-state index contributed by atoms with van der Waals surface area (Å²) >= 11 is 0. The SMILES string of the molecule is C#CCCC(OC)OC(CCC#C)OC. The third-order valence-corrected chi connectivity index (χ3v) is 1.88. The fourth-order valence-electron chi connectivity index (χ4n) is 1.05. The van der Waals surface area contributed by atoms with Gasteiger partial charge in [0, 0.05) is 39.9 Å². The van der Waals surface area contributed by atoms with Crippen molar-refractivity contribution in [3.63, 3.8) is 0 Å². The van der Waals surface area contributed by atoms with E-state index >= 15 is 0 Å². The van der Waals surface area contributed by atoms with Crippen LogP contribution in [0.4, 0.5) is 0 Å². The van der Waals surface area contributed by atoms with Crippen LogP contribution < -0.4 is 0 Å². The van der Waals surface area contributed by atoms with E-state index < -0.39 is 0 Å². The number of hydrogen-bond donors (Lipinski definition) is 0. The molecule has 0 aromatic rings. The first-order valence-corrected chi connectivity index (χ1v) is 4.86. The molecule has 2 atom stereocenters. The normalized spacial score (nSPS) is 13.9. The van der Waals surface area contributed by atoms with E-state index in [1.807, 2.05) is 0 Å². The molecule has 0 radical (unpaired) electrons. The third kappa shape index (κ3) is 6.99. The summed E-state index contributed by atoms with van der Waals surface area (Å²) < 4.78 is 15.7. The summed E-state index contributed by atoms with van der Waals surface area (Å²) in [5.74, 6) is 5.07. The summed E-state index contributed by atoms with van der Waals surface area (Å²) in [7, 11) is 3.16. The van der Waals surface area contributed by atoms with E-state index in [2.05, 4.69) is 11.8 Å². The van der Waals surface area contributed by atoms with E-state index in [0.29, 0.717) is 25.7 Å². The Balaban J connectivity index is 3.90. The maximum atomic E-state index is 5.52. The lowest BCUT2D eigenvalue weighted by molar-refractivity contribution is -0.232. The average Bonchev–Trinajstić information content (AvgIpc) is 2.28. The van der Waals surface area contributed by atoms with Crippen molar-refractivity contribution in [1.82, 2.24) is 0 Å². The Kier molecular flexibility index (Phi) is 8.91. The van der Waals surface area contributed by atoms with Crippen molar-refractivity contribution >= 4 is 0 Å². The molecule has 0 saturated heterocycles. The second-order valence-electron chi connectivity index (χ2n) is 2.95. The number of ether oxygens (including phenoxy) is 3. The zero-order chi connectivity index (χ0) is 11.5. The Morgan fingerprint density at radius 2 is 1.33 bits per heavy atom. The molecular weight excluding hydrogens is 192 g/mol. The zero-order valence-corrected chi connectivity index (χ0v) is 9.36. The monoisotopic (exact) mass is 210 g/mol. The maximum absolute atomic E-state index is 5.52. The minimum Gasteiger partial charge on any atom is -0.356 e. The molecule has 0 aromatic carbocycles. The van der Waals surface area contributed by atoms with Crippen molar-refractivity contribution in [2.24, 2.45) is 0 Å². The molecule has 0 N–H and O–H groups in total. The topological polar surface area (TPSA) is 27.7 Å². The highest BCUT2D eigenvalue weighted by Gasteiger charge is 2.14. The smallest absolute Gasteiger partial charge is 0.161 e. The van der Waals surface area contributed by atoms with Gasteiger partial charge in [-0.3, -0.25) is 0 Å². The minimum absolute atomic E-state index is 0.330. The summed E-state index contributed by atoms with van der Waals surface area (Å²) in [6.45, 7) is 0. The highest BCUT2D eigenvalue weighted by Crippen LogP contribution is 2.10. The Bertz CT molecular complexity index is 200. The Labute approximate surface area is 92.1 Å². The Morgan fingerprint density at radius 3 is 1.60 bits per heavy atom. The molecular formula is C12H18O3. The largest absolute Gasteiger partial charge is 0.356 e. The fourth-order valence-corrected chi connectivity index (χ4v) is 1.05. The standard InChI is InChI=1S/C12H18O3/c1-5-7-9-11(13-3)15-12(14-4)10-8-6-2/h1-2,11-12H,7-10H2,3-4H3. The van der Waals surface area contributed by atoms with E-state index in [4.69, 9.17) is 27.1 Å². The molecule has 84 valence electrons. The van der Waals surface area contributed by atoms with Crippen molar-refractivity contribution in [2.75, 3.05) is 14.2 Å². The van der Waals surface area contributed by atoms with Crippen LogP contribution in [0.2, 0.25) is 0 Å². The molecule has 0 aliphatic rings. The Morgan fingerprint density at radius 1 is 0.933 bits per heavy atom. The van der Waals surface area contributed by atoms with Crippen molar-refractivity contribution in [2.45, 2.75) is 38.3 Å². The van der Waals surface area contributed by atoms with Crippen LogP contribution in [0.3, 0.4) is 0 Å². The van der Waals surface area contributed by atoms with E-state index in [9.17, 15) is 0 Å². The van der Waals surface area contributed by atoms with Gasteiger partial charge in [-0.25, -0.2) is 0 Å². The summed E-state index contributed by atoms with van der Waals surface area (Å²) in [5.41, 5.74) is 0. The molecule has 0 aliphatic heterocycles. The van der Waals surface area contributed by atoms with Gasteiger partial charge in [-0.05, 0) is 0 Å². The van der Waals surface area contributed by atoms with Gasteiger partial charge in [0.1, 0.15) is 0 Å². The molecule has 0 aromatic heterocycles. The quantitative estimate of drug-likeness (QED) is 0.451. The van der Waals surface area contributed by atoms with Gasteiger partial charge >= 0.3 is 0 Å². The van der Waals surface area contributed by atoms with Gasteiger partial charge in [-0.1, -0.05) is 0 Å². The van der Waals surface area contributed by atoms with Gasteiger partial charge in [0.2, 0.25) is 0 Å². The third-order valence-electron chi connectivity index (χ3n) is 1.88. The first-order chi connectivity index (χ1) is 7.28. The van der Waals surface area contributed by atoms with E-state index in [1.54, 1.807) is 14.2 Å². The van der Waals surface area contributed by atoms with Crippen LogP contribution in [-0.2, 0) is 14.2 Å². The summed E-state index contributed by atoms with van der Waals surface area (Å²) in [6.07, 6.45) is 12.2. The summed E-state index contributed by atoms with van der Waals surface area (Å²) in [4.78, 5) is 0. The van der Waals surface area contributed by atoms with E-state index in [1.165, 1.54) is 0 Å². The summed E-state index contributed by atoms with van der Waals surface area (Å²) in [6, 6.07) is 0. The molecule has 0 aliphatic carbocycles. The van der Waals surface area contributed by atoms with Crippen LogP contribution in [0.5, 0.6) is 0 Å². The predicted octanol–water partition coefficient (Wildman–Crippen LogP) is 1.77. The lowest BCUT2D eigenvalue weighted by atomic mass is 10.3. The predicted molar refractivity (Wildman–Crippen MR) is 58.8 cm³/mol. The van der Waals surface area contributed by atoms with E-state index in [0.717, 1.165) is 0 Å². The van der Waals surface area contributed by atoms with Crippen LogP contribution in [0.15, 0.2) is 0 Å². The van der Waals surface area contributed by atoms with Crippen LogP contribution in [0, 0.1) is 24.7 Å². The van der Waals surface area contributed by atoms with Crippen LogP contribution in [0.25, 0.3) is 0 Å². The minimum atomic E-state index is -0.330. The maximum Gasteiger partial charge on any atom is 0.161 e. The zero-order valence-electron chi connectivity index (χ0n) is 9.36. The van der Waals surface area contributed by atoms with Gasteiger partial charge < -0.3 is 14.2 Å². The molecule has 0 spiro atoms. The average molecular weight is 210 g/mol. The molecule has 0 rings (SSSR count). The highest BCUT2D eigenvalue weighted by molar-refractivity contribution is 4.84. The van der Waals surface area contributed by atoms with Gasteiger partial charge in [0.15, 0.2) is 12.6 Å². The molecule has 0 fully saturated rings. The molecule has 0 bridgehead atoms. The first-order valence-electron chi connectivity index (χ1n) is 4.86. The van der Waals surface area contributed by atoms with Crippen LogP contribution in [-0.4, -0.2) is 26.8 Å².